The van der Waals surface area contributed by atoms with Crippen LogP contribution in [0.2, 0.25) is 0 Å². The lowest BCUT2D eigenvalue weighted by Crippen LogP contribution is -2.41. The van der Waals surface area contributed by atoms with Crippen LogP contribution in [0, 0.1) is 0 Å². The number of hydrogen-bond donors (Lipinski definition) is 5. The van der Waals surface area contributed by atoms with E-state index in [2.05, 4.69) is 0 Å². The smallest absolute Gasteiger partial charge is 0.120 e. The van der Waals surface area contributed by atoms with E-state index in [9.17, 15) is 5.11 Å². The van der Waals surface area contributed by atoms with Gasteiger partial charge in [0.25, 0.3) is 0 Å². The third kappa shape index (κ3) is 3.70. The average molecular weight is 282 g/mol. The summed E-state index contributed by atoms with van der Waals surface area (Å²) >= 11 is 0. The topological polar surface area (TPSA) is 133 Å². The molecule has 1 aromatic carbocycles. The molecule has 10 N–H and O–H groups in total. The number of rotatable bonds is 3. The van der Waals surface area contributed by atoms with Crippen LogP contribution >= 0.6 is 0 Å². The molecule has 0 saturated carbocycles. The molecule has 0 aromatic heterocycles. The maximum absolute atomic E-state index is 10.2. The Hall–Kier alpha value is -1.14. The number of benzene rings is 1. The molecule has 0 radical (unpaired) electrons. The molecular formula is C15H30N4O. The highest BCUT2D eigenvalue weighted by Crippen LogP contribution is 2.40. The van der Waals surface area contributed by atoms with Crippen molar-refractivity contribution in [2.24, 2.45) is 17.2 Å². The average Bonchev–Trinajstić information content (AvgIpc) is 2.11. The van der Waals surface area contributed by atoms with Gasteiger partial charge in [-0.2, -0.15) is 0 Å². The van der Waals surface area contributed by atoms with Crippen LogP contribution in [0.3, 0.4) is 0 Å². The number of phenolic OH excluding ortho intramolecular Hbond substituents is 1. The van der Waals surface area contributed by atoms with Gasteiger partial charge in [0.2, 0.25) is 0 Å². The van der Waals surface area contributed by atoms with Crippen molar-refractivity contribution in [1.82, 2.24) is 6.15 Å². The summed E-state index contributed by atoms with van der Waals surface area (Å²) in [5.41, 5.74) is 19.3. The molecule has 1 rings (SSSR count). The Bertz CT molecular complexity index is 476. The zero-order valence-corrected chi connectivity index (χ0v) is 13.5. The van der Waals surface area contributed by atoms with Crippen LogP contribution in [0.4, 0.5) is 0 Å². The molecule has 0 fully saturated rings. The van der Waals surface area contributed by atoms with Gasteiger partial charge < -0.3 is 28.5 Å². The number of hydrogen-bond acceptors (Lipinski definition) is 5. The zero-order valence-electron chi connectivity index (χ0n) is 13.5. The standard InChI is InChI=1S/C15H27N3O.H3N/c1-13(2,16)9-7-8-10(19)12(15(5,6)18)11(9)14(3,4)17;/h7-8,19H,16-18H2,1-6H3;1H3. The monoisotopic (exact) mass is 282 g/mol. The van der Waals surface area contributed by atoms with E-state index in [4.69, 9.17) is 17.2 Å². The summed E-state index contributed by atoms with van der Waals surface area (Å²) in [7, 11) is 0. The maximum atomic E-state index is 10.2. The molecule has 5 nitrogen and oxygen atoms in total. The first kappa shape index (κ1) is 18.9. The van der Waals surface area contributed by atoms with Crippen molar-refractivity contribution in [3.8, 4) is 5.75 Å². The third-order valence-corrected chi connectivity index (χ3v) is 3.17. The molecule has 0 saturated heterocycles. The zero-order chi connectivity index (χ0) is 15.2. The highest BCUT2D eigenvalue weighted by Gasteiger charge is 2.34. The van der Waals surface area contributed by atoms with Gasteiger partial charge in [-0.15, -0.1) is 0 Å². The van der Waals surface area contributed by atoms with Crippen molar-refractivity contribution in [2.45, 2.75) is 58.2 Å². The van der Waals surface area contributed by atoms with E-state index in [-0.39, 0.29) is 11.9 Å². The second kappa shape index (κ2) is 5.33. The molecule has 1 aromatic rings. The first-order valence-electron chi connectivity index (χ1n) is 6.50. The summed E-state index contributed by atoms with van der Waals surface area (Å²) < 4.78 is 0. The Kier molecular flexibility index (Phi) is 5.03. The van der Waals surface area contributed by atoms with E-state index >= 15 is 0 Å². The fourth-order valence-electron chi connectivity index (χ4n) is 2.45. The summed E-state index contributed by atoms with van der Waals surface area (Å²) in [5.74, 6) is 0.161. The first-order valence-corrected chi connectivity index (χ1v) is 6.50. The summed E-state index contributed by atoms with van der Waals surface area (Å²) in [6.45, 7) is 11.3. The Morgan fingerprint density at radius 2 is 1.15 bits per heavy atom. The third-order valence-electron chi connectivity index (χ3n) is 3.17. The van der Waals surface area contributed by atoms with Crippen LogP contribution in [0.1, 0.15) is 58.2 Å². The highest BCUT2D eigenvalue weighted by atomic mass is 16.3. The fourth-order valence-corrected chi connectivity index (χ4v) is 2.45. The van der Waals surface area contributed by atoms with Crippen LogP contribution in [0.15, 0.2) is 12.1 Å². The van der Waals surface area contributed by atoms with Crippen molar-refractivity contribution in [1.29, 1.82) is 0 Å². The van der Waals surface area contributed by atoms with Crippen LogP contribution < -0.4 is 23.4 Å². The quantitative estimate of drug-likeness (QED) is 0.579. The first-order chi connectivity index (χ1) is 8.26. The molecule has 0 amide bonds. The van der Waals surface area contributed by atoms with E-state index < -0.39 is 16.6 Å². The summed E-state index contributed by atoms with van der Waals surface area (Å²) in [5, 5.41) is 10.2. The minimum absolute atomic E-state index is 0. The highest BCUT2D eigenvalue weighted by molar-refractivity contribution is 5.52. The Morgan fingerprint density at radius 1 is 0.750 bits per heavy atom. The van der Waals surface area contributed by atoms with Crippen molar-refractivity contribution in [3.63, 3.8) is 0 Å². The molecule has 0 atom stereocenters. The van der Waals surface area contributed by atoms with Gasteiger partial charge in [-0.05, 0) is 58.7 Å². The predicted octanol–water partition coefficient (Wildman–Crippen LogP) is 2.14. The Morgan fingerprint density at radius 3 is 1.45 bits per heavy atom. The van der Waals surface area contributed by atoms with Gasteiger partial charge in [-0.25, -0.2) is 0 Å². The van der Waals surface area contributed by atoms with E-state index in [1.54, 1.807) is 6.07 Å². The maximum Gasteiger partial charge on any atom is 0.120 e. The SMILES string of the molecule is CC(C)(N)c1ccc(O)c(C(C)(C)N)c1C(C)(C)N.N. The number of aromatic hydroxyl groups is 1. The second-order valence-electron chi connectivity index (χ2n) is 7.05. The lowest BCUT2D eigenvalue weighted by molar-refractivity contribution is 0.416. The van der Waals surface area contributed by atoms with Gasteiger partial charge in [-0.3, -0.25) is 0 Å². The Balaban J connectivity index is 0.00000361. The summed E-state index contributed by atoms with van der Waals surface area (Å²) in [6.07, 6.45) is 0. The molecule has 0 aliphatic carbocycles. The molecule has 20 heavy (non-hydrogen) atoms. The normalized spacial score (nSPS) is 13.1. The van der Waals surface area contributed by atoms with Crippen LogP contribution in [-0.2, 0) is 16.6 Å². The van der Waals surface area contributed by atoms with Gasteiger partial charge in [0.05, 0.1) is 0 Å². The van der Waals surface area contributed by atoms with Crippen LogP contribution in [0.5, 0.6) is 5.75 Å². The molecule has 0 aliphatic heterocycles. The number of nitrogens with two attached hydrogens (primary N) is 3. The minimum Gasteiger partial charge on any atom is -0.508 e. The molecule has 116 valence electrons. The predicted molar refractivity (Wildman–Crippen MR) is 84.8 cm³/mol. The second-order valence-corrected chi connectivity index (χ2v) is 7.05. The van der Waals surface area contributed by atoms with Crippen molar-refractivity contribution in [2.75, 3.05) is 0 Å². The molecule has 0 spiro atoms. The molecule has 0 bridgehead atoms. The number of phenols is 1. The van der Waals surface area contributed by atoms with E-state index in [1.165, 1.54) is 0 Å². The van der Waals surface area contributed by atoms with Gasteiger partial charge in [0.1, 0.15) is 5.75 Å². The van der Waals surface area contributed by atoms with E-state index in [0.717, 1.165) is 11.1 Å². The summed E-state index contributed by atoms with van der Waals surface area (Å²) in [6, 6.07) is 3.47. The van der Waals surface area contributed by atoms with Gasteiger partial charge in [0.15, 0.2) is 0 Å². The lowest BCUT2D eigenvalue weighted by Gasteiger charge is -2.36. The van der Waals surface area contributed by atoms with Crippen molar-refractivity contribution >= 4 is 0 Å². The largest absolute Gasteiger partial charge is 0.508 e. The Labute approximate surface area is 122 Å². The summed E-state index contributed by atoms with van der Waals surface area (Å²) in [4.78, 5) is 0. The van der Waals surface area contributed by atoms with Crippen LogP contribution in [0.25, 0.3) is 0 Å². The van der Waals surface area contributed by atoms with Gasteiger partial charge in [0, 0.05) is 22.2 Å². The van der Waals surface area contributed by atoms with Crippen LogP contribution in [-0.4, -0.2) is 5.11 Å². The van der Waals surface area contributed by atoms with E-state index in [1.807, 2.05) is 47.6 Å². The van der Waals surface area contributed by atoms with Crippen molar-refractivity contribution in [3.05, 3.63) is 28.8 Å². The van der Waals surface area contributed by atoms with E-state index in [0.29, 0.717) is 5.56 Å². The molecular weight excluding hydrogens is 252 g/mol. The van der Waals surface area contributed by atoms with Gasteiger partial charge >= 0.3 is 0 Å². The molecule has 0 aliphatic rings. The minimum atomic E-state index is -0.697. The fraction of sp³-hybridized carbons (Fsp3) is 0.600. The van der Waals surface area contributed by atoms with Gasteiger partial charge in [-0.1, -0.05) is 6.07 Å². The molecule has 0 unspecified atom stereocenters. The lowest BCUT2D eigenvalue weighted by atomic mass is 9.75. The van der Waals surface area contributed by atoms with Crippen molar-refractivity contribution < 1.29 is 5.11 Å². The molecule has 5 heteroatoms. The molecule has 0 heterocycles.